The molecule has 0 saturated carbocycles. The molecule has 6 nitrogen and oxygen atoms in total. The monoisotopic (exact) mass is 550 g/mol. The molecule has 1 N–H and O–H groups in total. The fourth-order valence-corrected chi connectivity index (χ4v) is 4.70. The van der Waals surface area contributed by atoms with E-state index >= 15 is 0 Å². The highest BCUT2D eigenvalue weighted by Crippen LogP contribution is 2.33. The smallest absolute Gasteiger partial charge is 0.243 e. The SMILES string of the molecule is CC(C)NC(=O)C(Cc1ccccc1)N(Cc1cccc(Br)c1)C(=O)CCc1ccc2c(c1)OCO2. The predicted molar refractivity (Wildman–Crippen MR) is 143 cm³/mol. The number of carbonyl (C=O) groups is 2. The van der Waals surface area contributed by atoms with Crippen LogP contribution in [0.1, 0.15) is 37.0 Å². The lowest BCUT2D eigenvalue weighted by atomic mass is 10.0. The highest BCUT2D eigenvalue weighted by molar-refractivity contribution is 9.10. The van der Waals surface area contributed by atoms with Gasteiger partial charge in [0.1, 0.15) is 6.04 Å². The van der Waals surface area contributed by atoms with E-state index in [1.807, 2.05) is 86.6 Å². The first-order valence-corrected chi connectivity index (χ1v) is 12.9. The second kappa shape index (κ2) is 12.1. The van der Waals surface area contributed by atoms with E-state index in [-0.39, 0.29) is 31.1 Å². The summed E-state index contributed by atoms with van der Waals surface area (Å²) in [6, 6.07) is 22.7. The van der Waals surface area contributed by atoms with Crippen molar-refractivity contribution in [3.05, 3.63) is 94.0 Å². The maximum absolute atomic E-state index is 13.7. The summed E-state index contributed by atoms with van der Waals surface area (Å²) >= 11 is 3.52. The summed E-state index contributed by atoms with van der Waals surface area (Å²) in [4.78, 5) is 28.9. The van der Waals surface area contributed by atoms with Crippen molar-refractivity contribution >= 4 is 27.7 Å². The van der Waals surface area contributed by atoms with E-state index < -0.39 is 6.04 Å². The summed E-state index contributed by atoms with van der Waals surface area (Å²) in [5.41, 5.74) is 2.95. The van der Waals surface area contributed by atoms with Crippen molar-refractivity contribution < 1.29 is 19.1 Å². The molecule has 7 heteroatoms. The number of hydrogen-bond acceptors (Lipinski definition) is 4. The summed E-state index contributed by atoms with van der Waals surface area (Å²) in [6.07, 6.45) is 1.24. The first kappa shape index (κ1) is 25.8. The van der Waals surface area contributed by atoms with Gasteiger partial charge in [0.05, 0.1) is 0 Å². The van der Waals surface area contributed by atoms with Crippen molar-refractivity contribution in [2.45, 2.75) is 51.7 Å². The van der Waals surface area contributed by atoms with E-state index in [0.717, 1.165) is 26.9 Å². The van der Waals surface area contributed by atoms with Crippen LogP contribution in [0.15, 0.2) is 77.3 Å². The van der Waals surface area contributed by atoms with Crippen molar-refractivity contribution in [2.24, 2.45) is 0 Å². The maximum Gasteiger partial charge on any atom is 0.243 e. The maximum atomic E-state index is 13.7. The van der Waals surface area contributed by atoms with Crippen LogP contribution in [0.5, 0.6) is 11.5 Å². The minimum absolute atomic E-state index is 0.0350. The molecule has 2 amide bonds. The van der Waals surface area contributed by atoms with Gasteiger partial charge in [-0.3, -0.25) is 9.59 Å². The molecule has 36 heavy (non-hydrogen) atoms. The number of ether oxygens (including phenoxy) is 2. The fourth-order valence-electron chi connectivity index (χ4n) is 4.26. The van der Waals surface area contributed by atoms with Crippen LogP contribution in [0, 0.1) is 0 Å². The van der Waals surface area contributed by atoms with Gasteiger partial charge in [0.15, 0.2) is 11.5 Å². The van der Waals surface area contributed by atoms with Gasteiger partial charge in [-0.05, 0) is 61.2 Å². The van der Waals surface area contributed by atoms with Gasteiger partial charge in [0.25, 0.3) is 0 Å². The summed E-state index contributed by atoms with van der Waals surface area (Å²) in [7, 11) is 0. The Morgan fingerprint density at radius 2 is 1.67 bits per heavy atom. The lowest BCUT2D eigenvalue weighted by molar-refractivity contribution is -0.141. The molecular formula is C29H31BrN2O4. The average Bonchev–Trinajstić information content (AvgIpc) is 3.33. The number of aryl methyl sites for hydroxylation is 1. The number of hydrogen-bond donors (Lipinski definition) is 1. The summed E-state index contributed by atoms with van der Waals surface area (Å²) < 4.78 is 11.8. The Kier molecular flexibility index (Phi) is 8.65. The van der Waals surface area contributed by atoms with Crippen LogP contribution in [-0.4, -0.2) is 35.6 Å². The number of fused-ring (bicyclic) bond motifs is 1. The van der Waals surface area contributed by atoms with Gasteiger partial charge in [-0.15, -0.1) is 0 Å². The predicted octanol–water partition coefficient (Wildman–Crippen LogP) is 5.28. The zero-order chi connectivity index (χ0) is 25.5. The number of amides is 2. The van der Waals surface area contributed by atoms with Crippen LogP contribution in [0.3, 0.4) is 0 Å². The number of rotatable bonds is 10. The van der Waals surface area contributed by atoms with Crippen molar-refractivity contribution in [3.8, 4) is 11.5 Å². The van der Waals surface area contributed by atoms with Gasteiger partial charge in [-0.1, -0.05) is 64.5 Å². The number of carbonyl (C=O) groups excluding carboxylic acids is 2. The van der Waals surface area contributed by atoms with E-state index in [1.54, 1.807) is 4.90 Å². The van der Waals surface area contributed by atoms with Crippen molar-refractivity contribution in [2.75, 3.05) is 6.79 Å². The molecule has 0 aliphatic carbocycles. The van der Waals surface area contributed by atoms with Gasteiger partial charge < -0.3 is 19.7 Å². The fraction of sp³-hybridized carbons (Fsp3) is 0.310. The highest BCUT2D eigenvalue weighted by Gasteiger charge is 2.30. The third-order valence-corrected chi connectivity index (χ3v) is 6.50. The normalized spacial score (nSPS) is 12.9. The molecule has 3 aromatic carbocycles. The van der Waals surface area contributed by atoms with Crippen molar-refractivity contribution in [1.29, 1.82) is 0 Å². The van der Waals surface area contributed by atoms with Crippen molar-refractivity contribution in [1.82, 2.24) is 10.2 Å². The zero-order valence-electron chi connectivity index (χ0n) is 20.6. The molecule has 4 rings (SSSR count). The summed E-state index contributed by atoms with van der Waals surface area (Å²) in [5.74, 6) is 1.19. The quantitative estimate of drug-likeness (QED) is 0.373. The summed E-state index contributed by atoms with van der Waals surface area (Å²) in [5, 5.41) is 3.03. The first-order valence-electron chi connectivity index (χ1n) is 12.2. The Morgan fingerprint density at radius 3 is 2.42 bits per heavy atom. The molecule has 0 aromatic heterocycles. The molecule has 1 aliphatic rings. The second-order valence-electron chi connectivity index (χ2n) is 9.21. The first-order chi connectivity index (χ1) is 17.4. The molecule has 1 heterocycles. The number of nitrogens with zero attached hydrogens (tertiary/aromatic N) is 1. The lowest BCUT2D eigenvalue weighted by Crippen LogP contribution is -2.51. The minimum atomic E-state index is -0.641. The highest BCUT2D eigenvalue weighted by atomic mass is 79.9. The third-order valence-electron chi connectivity index (χ3n) is 6.01. The molecule has 1 atom stereocenters. The van der Waals surface area contributed by atoms with E-state index in [9.17, 15) is 9.59 Å². The molecule has 0 saturated heterocycles. The Labute approximate surface area is 220 Å². The largest absolute Gasteiger partial charge is 0.454 e. The van der Waals surface area contributed by atoms with E-state index in [0.29, 0.717) is 25.1 Å². The molecule has 188 valence electrons. The van der Waals surface area contributed by atoms with Gasteiger partial charge >= 0.3 is 0 Å². The number of nitrogens with one attached hydrogen (secondary N) is 1. The van der Waals surface area contributed by atoms with Gasteiger partial charge in [0.2, 0.25) is 18.6 Å². The van der Waals surface area contributed by atoms with E-state index in [1.165, 1.54) is 0 Å². The van der Waals surface area contributed by atoms with Crippen LogP contribution in [0.25, 0.3) is 0 Å². The Bertz CT molecular complexity index is 1200. The van der Waals surface area contributed by atoms with Gasteiger partial charge in [0, 0.05) is 29.9 Å². The van der Waals surface area contributed by atoms with Crippen LogP contribution in [-0.2, 0) is 29.0 Å². The van der Waals surface area contributed by atoms with Crippen LogP contribution in [0.2, 0.25) is 0 Å². The van der Waals surface area contributed by atoms with Crippen LogP contribution in [0.4, 0.5) is 0 Å². The van der Waals surface area contributed by atoms with Gasteiger partial charge in [-0.2, -0.15) is 0 Å². The second-order valence-corrected chi connectivity index (χ2v) is 10.1. The molecule has 0 spiro atoms. The molecule has 0 radical (unpaired) electrons. The van der Waals surface area contributed by atoms with Crippen LogP contribution >= 0.6 is 15.9 Å². The molecule has 0 bridgehead atoms. The molecule has 1 aliphatic heterocycles. The Hall–Kier alpha value is -3.32. The standard InChI is InChI=1S/C29H31BrN2O4/c1-20(2)31-29(34)25(16-21-7-4-3-5-8-21)32(18-23-9-6-10-24(30)15-23)28(33)14-12-22-11-13-26-27(17-22)36-19-35-26/h3-11,13,15,17,20,25H,12,14,16,18-19H2,1-2H3,(H,31,34). The summed E-state index contributed by atoms with van der Waals surface area (Å²) in [6.45, 7) is 4.40. The van der Waals surface area contributed by atoms with Crippen LogP contribution < -0.4 is 14.8 Å². The van der Waals surface area contributed by atoms with E-state index in [2.05, 4.69) is 21.2 Å². The average molecular weight is 551 g/mol. The number of halogens is 1. The molecule has 3 aromatic rings. The topological polar surface area (TPSA) is 67.9 Å². The molecule has 1 unspecified atom stereocenters. The third kappa shape index (κ3) is 6.88. The Balaban J connectivity index is 1.59. The van der Waals surface area contributed by atoms with Crippen molar-refractivity contribution in [3.63, 3.8) is 0 Å². The lowest BCUT2D eigenvalue weighted by Gasteiger charge is -2.32. The zero-order valence-corrected chi connectivity index (χ0v) is 22.2. The minimum Gasteiger partial charge on any atom is -0.454 e. The Morgan fingerprint density at radius 1 is 0.917 bits per heavy atom. The molecular weight excluding hydrogens is 520 g/mol. The van der Waals surface area contributed by atoms with E-state index in [4.69, 9.17) is 9.47 Å². The van der Waals surface area contributed by atoms with Gasteiger partial charge in [-0.25, -0.2) is 0 Å². The number of benzene rings is 3. The molecule has 0 fully saturated rings.